The van der Waals surface area contributed by atoms with Gasteiger partial charge in [-0.3, -0.25) is 0 Å². The normalized spacial score (nSPS) is 19.7. The van der Waals surface area contributed by atoms with Crippen LogP contribution in [0, 0.1) is 0 Å². The van der Waals surface area contributed by atoms with Gasteiger partial charge in [0.2, 0.25) is 0 Å². The van der Waals surface area contributed by atoms with Crippen LogP contribution >= 0.6 is 27.5 Å². The molecule has 1 aromatic heterocycles. The lowest BCUT2D eigenvalue weighted by molar-refractivity contribution is -0.1000. The Balaban J connectivity index is 2.35. The first kappa shape index (κ1) is 12.2. The van der Waals surface area contributed by atoms with Crippen LogP contribution in [0.15, 0.2) is 10.7 Å². The van der Waals surface area contributed by atoms with Crippen molar-refractivity contribution in [2.24, 2.45) is 0 Å². The summed E-state index contributed by atoms with van der Waals surface area (Å²) < 4.78 is 11.6. The summed E-state index contributed by atoms with van der Waals surface area (Å²) in [5.74, 6) is 0.631. The lowest BCUT2D eigenvalue weighted by Crippen LogP contribution is -2.37. The number of hydrogen-bond donors (Lipinski definition) is 0. The van der Waals surface area contributed by atoms with Crippen LogP contribution in [0.25, 0.3) is 0 Å². The molecule has 1 fully saturated rings. The second kappa shape index (κ2) is 4.96. The first-order chi connectivity index (χ1) is 7.68. The first-order valence-electron chi connectivity index (χ1n) is 4.99. The van der Waals surface area contributed by atoms with Crippen LogP contribution in [0.3, 0.4) is 0 Å². The molecule has 1 saturated heterocycles. The third kappa shape index (κ3) is 2.22. The highest BCUT2D eigenvalue weighted by atomic mass is 79.9. The molecule has 16 heavy (non-hydrogen) atoms. The topological polar surface area (TPSA) is 44.2 Å². The van der Waals surface area contributed by atoms with Gasteiger partial charge < -0.3 is 9.47 Å². The van der Waals surface area contributed by atoms with Crippen LogP contribution in [0.5, 0.6) is 0 Å². The Bertz CT molecular complexity index is 383. The Labute approximate surface area is 107 Å². The summed E-state index contributed by atoms with van der Waals surface area (Å²) in [6, 6.07) is 0. The van der Waals surface area contributed by atoms with Gasteiger partial charge >= 0.3 is 0 Å². The molecule has 4 nitrogen and oxygen atoms in total. The zero-order valence-electron chi connectivity index (χ0n) is 8.87. The van der Waals surface area contributed by atoms with Crippen molar-refractivity contribution < 1.29 is 9.47 Å². The average Bonchev–Trinajstić information content (AvgIpc) is 2.33. The van der Waals surface area contributed by atoms with Crippen LogP contribution in [0.4, 0.5) is 0 Å². The Morgan fingerprint density at radius 2 is 2.19 bits per heavy atom. The van der Waals surface area contributed by atoms with Gasteiger partial charge in [-0.05, 0) is 15.9 Å². The molecule has 2 heterocycles. The monoisotopic (exact) mass is 306 g/mol. The SMILES string of the molecule is COC1(c2ncc(Br)c(Cl)n2)CCOCC1. The molecule has 0 saturated carbocycles. The van der Waals surface area contributed by atoms with Crippen LogP contribution in [0.2, 0.25) is 5.15 Å². The smallest absolute Gasteiger partial charge is 0.162 e. The fraction of sp³-hybridized carbons (Fsp3) is 0.600. The summed E-state index contributed by atoms with van der Waals surface area (Å²) in [6.07, 6.45) is 3.16. The minimum absolute atomic E-state index is 0.410. The van der Waals surface area contributed by atoms with Gasteiger partial charge in [0, 0.05) is 39.4 Å². The van der Waals surface area contributed by atoms with E-state index < -0.39 is 5.60 Å². The molecule has 0 atom stereocenters. The van der Waals surface area contributed by atoms with Gasteiger partial charge in [0.25, 0.3) is 0 Å². The molecule has 0 N–H and O–H groups in total. The zero-order chi connectivity index (χ0) is 11.6. The van der Waals surface area contributed by atoms with Crippen molar-refractivity contribution in [3.63, 3.8) is 0 Å². The predicted molar refractivity (Wildman–Crippen MR) is 63.5 cm³/mol. The number of aromatic nitrogens is 2. The Hall–Kier alpha value is -0.230. The van der Waals surface area contributed by atoms with Gasteiger partial charge in [-0.15, -0.1) is 0 Å². The molecule has 1 aliphatic heterocycles. The van der Waals surface area contributed by atoms with Crippen molar-refractivity contribution in [3.8, 4) is 0 Å². The molecule has 1 aliphatic rings. The van der Waals surface area contributed by atoms with Gasteiger partial charge in [0.1, 0.15) is 10.8 Å². The van der Waals surface area contributed by atoms with Crippen LogP contribution < -0.4 is 0 Å². The fourth-order valence-corrected chi connectivity index (χ4v) is 2.11. The molecule has 6 heteroatoms. The zero-order valence-corrected chi connectivity index (χ0v) is 11.2. The Morgan fingerprint density at radius 3 is 2.75 bits per heavy atom. The second-order valence-electron chi connectivity index (χ2n) is 3.64. The number of hydrogen-bond acceptors (Lipinski definition) is 4. The first-order valence-corrected chi connectivity index (χ1v) is 6.16. The summed E-state index contributed by atoms with van der Waals surface area (Å²) in [6.45, 7) is 1.32. The van der Waals surface area contributed by atoms with Gasteiger partial charge in [0.05, 0.1) is 4.47 Å². The predicted octanol–water partition coefficient (Wildman–Crippen LogP) is 2.54. The molecule has 1 aromatic rings. The van der Waals surface area contributed by atoms with E-state index in [1.165, 1.54) is 0 Å². The van der Waals surface area contributed by atoms with Gasteiger partial charge in [-0.2, -0.15) is 0 Å². The van der Waals surface area contributed by atoms with E-state index in [2.05, 4.69) is 25.9 Å². The maximum Gasteiger partial charge on any atom is 0.162 e. The van der Waals surface area contributed by atoms with E-state index >= 15 is 0 Å². The van der Waals surface area contributed by atoms with E-state index in [0.717, 1.165) is 12.8 Å². The Morgan fingerprint density at radius 1 is 1.50 bits per heavy atom. The minimum Gasteiger partial charge on any atom is -0.381 e. The molecule has 0 amide bonds. The average molecular weight is 308 g/mol. The van der Waals surface area contributed by atoms with E-state index in [1.807, 2.05) is 0 Å². The number of nitrogens with zero attached hydrogens (tertiary/aromatic N) is 2. The van der Waals surface area contributed by atoms with Gasteiger partial charge in [-0.1, -0.05) is 11.6 Å². The number of methoxy groups -OCH3 is 1. The third-order valence-electron chi connectivity index (χ3n) is 2.80. The van der Waals surface area contributed by atoms with Crippen molar-refractivity contribution in [1.29, 1.82) is 0 Å². The fourth-order valence-electron chi connectivity index (χ4n) is 1.79. The Kier molecular flexibility index (Phi) is 3.79. The molecule has 0 unspecified atom stereocenters. The van der Waals surface area contributed by atoms with E-state index in [-0.39, 0.29) is 0 Å². The lowest BCUT2D eigenvalue weighted by Gasteiger charge is -2.34. The standard InChI is InChI=1S/C10H12BrClN2O2/c1-15-10(2-4-16-5-3-10)9-13-6-7(11)8(12)14-9/h6H,2-5H2,1H3. The van der Waals surface area contributed by atoms with E-state index in [4.69, 9.17) is 21.1 Å². The summed E-state index contributed by atoms with van der Waals surface area (Å²) in [5.41, 5.74) is -0.456. The van der Waals surface area contributed by atoms with Crippen molar-refractivity contribution in [2.75, 3.05) is 20.3 Å². The molecular formula is C10H12BrClN2O2. The van der Waals surface area contributed by atoms with Crippen LogP contribution in [-0.2, 0) is 15.1 Å². The number of rotatable bonds is 2. The summed E-state index contributed by atoms with van der Waals surface area (Å²) >= 11 is 9.24. The number of ether oxygens (including phenoxy) is 2. The van der Waals surface area contributed by atoms with E-state index in [9.17, 15) is 0 Å². The van der Waals surface area contributed by atoms with Crippen LogP contribution in [-0.4, -0.2) is 30.3 Å². The lowest BCUT2D eigenvalue weighted by atomic mass is 9.93. The summed E-state index contributed by atoms with van der Waals surface area (Å²) in [4.78, 5) is 8.55. The molecule has 0 spiro atoms. The van der Waals surface area contributed by atoms with Gasteiger partial charge in [0.15, 0.2) is 5.82 Å². The highest BCUT2D eigenvalue weighted by Gasteiger charge is 2.37. The van der Waals surface area contributed by atoms with Gasteiger partial charge in [-0.25, -0.2) is 9.97 Å². The highest BCUT2D eigenvalue weighted by Crippen LogP contribution is 2.34. The van der Waals surface area contributed by atoms with E-state index in [0.29, 0.717) is 28.7 Å². The van der Waals surface area contributed by atoms with E-state index in [1.54, 1.807) is 13.3 Å². The highest BCUT2D eigenvalue weighted by molar-refractivity contribution is 9.10. The quantitative estimate of drug-likeness (QED) is 0.788. The molecule has 2 rings (SSSR count). The summed E-state index contributed by atoms with van der Waals surface area (Å²) in [7, 11) is 1.67. The second-order valence-corrected chi connectivity index (χ2v) is 4.86. The molecule has 0 bridgehead atoms. The third-order valence-corrected chi connectivity index (χ3v) is 3.90. The molecule has 88 valence electrons. The van der Waals surface area contributed by atoms with Crippen molar-refractivity contribution in [1.82, 2.24) is 9.97 Å². The van der Waals surface area contributed by atoms with Crippen molar-refractivity contribution in [2.45, 2.75) is 18.4 Å². The minimum atomic E-state index is -0.456. The molecular weight excluding hydrogens is 295 g/mol. The largest absolute Gasteiger partial charge is 0.381 e. The van der Waals surface area contributed by atoms with Crippen molar-refractivity contribution >= 4 is 27.5 Å². The van der Waals surface area contributed by atoms with Crippen LogP contribution in [0.1, 0.15) is 18.7 Å². The molecule has 0 aliphatic carbocycles. The maximum atomic E-state index is 5.97. The molecule has 0 radical (unpaired) electrons. The number of halogens is 2. The maximum absolute atomic E-state index is 5.97. The molecule has 0 aromatic carbocycles. The summed E-state index contributed by atoms with van der Waals surface area (Å²) in [5, 5.41) is 0.410. The van der Waals surface area contributed by atoms with Crippen molar-refractivity contribution in [3.05, 3.63) is 21.6 Å².